The highest BCUT2D eigenvalue weighted by atomic mass is 35.5. The lowest BCUT2D eigenvalue weighted by Crippen LogP contribution is -2.18. The summed E-state index contributed by atoms with van der Waals surface area (Å²) in [5, 5.41) is 0.578. The van der Waals surface area contributed by atoms with E-state index in [1.165, 1.54) is 5.56 Å². The zero-order valence-electron chi connectivity index (χ0n) is 27.0. The van der Waals surface area contributed by atoms with Crippen LogP contribution in [0.1, 0.15) is 86.0 Å². The van der Waals surface area contributed by atoms with Gasteiger partial charge in [-0.3, -0.25) is 14.4 Å². The fraction of sp³-hybridized carbons (Fsp3) is 0.400. The summed E-state index contributed by atoms with van der Waals surface area (Å²) in [5.41, 5.74) is 22.7. The minimum absolute atomic E-state index is 0.150. The molecule has 0 unspecified atom stereocenters. The Bertz CT molecular complexity index is 1250. The molecule has 0 fully saturated rings. The van der Waals surface area contributed by atoms with E-state index in [0.717, 1.165) is 22.3 Å². The molecule has 45 heavy (non-hydrogen) atoms. The molecule has 6 N–H and O–H groups in total. The minimum Gasteiger partial charge on any atom is -0.466 e. The maximum Gasteiger partial charge on any atom is 0.307 e. The minimum atomic E-state index is -0.405. The Kier molecular flexibility index (Phi) is 19.1. The van der Waals surface area contributed by atoms with Gasteiger partial charge in [-0.15, -0.1) is 0 Å². The fourth-order valence-electron chi connectivity index (χ4n) is 4.13. The molecule has 3 aromatic rings. The summed E-state index contributed by atoms with van der Waals surface area (Å²) >= 11 is 5.95. The van der Waals surface area contributed by atoms with Crippen molar-refractivity contribution in [3.8, 4) is 0 Å². The number of nitrogens with two attached hydrogens (primary N) is 3. The predicted molar refractivity (Wildman–Crippen MR) is 178 cm³/mol. The van der Waals surface area contributed by atoms with Crippen molar-refractivity contribution in [2.24, 2.45) is 17.2 Å². The largest absolute Gasteiger partial charge is 0.466 e. The van der Waals surface area contributed by atoms with Crippen molar-refractivity contribution in [1.82, 2.24) is 0 Å². The molecule has 246 valence electrons. The van der Waals surface area contributed by atoms with Gasteiger partial charge in [0.05, 0.1) is 39.1 Å². The standard InChI is InChI=1S/2C12H17NO2.C11H14ClNO2/c1-3-15-12(14)8-11(13)10-6-4-9(2)5-7-10;1-3-15-12(14)8-11(13)10-7-5-4-6-9(10)2;1-2-15-11(14)7-10(13)8-5-3-4-6-9(8)12/h2*4-7,11H,3,8,13H2,1-2H3;3-6,10H,2,7,13H2,1H3/t2*11-;10-/m000/s1. The molecule has 3 aromatic carbocycles. The zero-order valence-corrected chi connectivity index (χ0v) is 27.7. The maximum absolute atomic E-state index is 11.2. The van der Waals surface area contributed by atoms with Gasteiger partial charge in [-0.25, -0.2) is 0 Å². The molecule has 0 aromatic heterocycles. The summed E-state index contributed by atoms with van der Waals surface area (Å²) in [5.74, 6) is -0.788. The van der Waals surface area contributed by atoms with Crippen molar-refractivity contribution in [1.29, 1.82) is 0 Å². The first-order chi connectivity index (χ1) is 21.4. The van der Waals surface area contributed by atoms with Crippen LogP contribution in [0, 0.1) is 13.8 Å². The quantitative estimate of drug-likeness (QED) is 0.155. The first-order valence-electron chi connectivity index (χ1n) is 15.0. The maximum atomic E-state index is 11.2. The van der Waals surface area contributed by atoms with Crippen LogP contribution in [-0.2, 0) is 28.6 Å². The number of aryl methyl sites for hydroxylation is 2. The number of carbonyl (C=O) groups is 3. The van der Waals surface area contributed by atoms with Crippen LogP contribution in [-0.4, -0.2) is 37.7 Å². The molecule has 0 saturated heterocycles. The molecule has 0 bridgehead atoms. The molecule has 10 heteroatoms. The van der Waals surface area contributed by atoms with E-state index in [1.54, 1.807) is 26.8 Å². The third-order valence-corrected chi connectivity index (χ3v) is 6.82. The lowest BCUT2D eigenvalue weighted by molar-refractivity contribution is -0.144. The third kappa shape index (κ3) is 15.7. The fourth-order valence-corrected chi connectivity index (χ4v) is 4.40. The average molecular weight is 642 g/mol. The second-order valence-electron chi connectivity index (χ2n) is 10.1. The first-order valence-corrected chi connectivity index (χ1v) is 15.4. The van der Waals surface area contributed by atoms with Gasteiger partial charge in [0, 0.05) is 23.1 Å². The Morgan fingerprint density at radius 1 is 0.600 bits per heavy atom. The van der Waals surface area contributed by atoms with E-state index in [2.05, 4.69) is 0 Å². The number of halogens is 1. The lowest BCUT2D eigenvalue weighted by Gasteiger charge is -2.13. The first kappa shape index (κ1) is 39.3. The summed E-state index contributed by atoms with van der Waals surface area (Å²) in [6.45, 7) is 10.5. The number of benzene rings is 3. The number of hydrogen-bond donors (Lipinski definition) is 3. The molecular weight excluding hydrogens is 594 g/mol. The van der Waals surface area contributed by atoms with E-state index < -0.39 is 6.04 Å². The lowest BCUT2D eigenvalue weighted by atomic mass is 10.00. The van der Waals surface area contributed by atoms with Crippen LogP contribution in [0.25, 0.3) is 0 Å². The van der Waals surface area contributed by atoms with Crippen molar-refractivity contribution in [3.05, 3.63) is 106 Å². The third-order valence-electron chi connectivity index (χ3n) is 6.47. The van der Waals surface area contributed by atoms with Gasteiger partial charge in [0.25, 0.3) is 0 Å². The van der Waals surface area contributed by atoms with Crippen LogP contribution < -0.4 is 17.2 Å². The van der Waals surface area contributed by atoms with E-state index in [1.807, 2.05) is 80.6 Å². The van der Waals surface area contributed by atoms with Crippen molar-refractivity contribution in [2.45, 2.75) is 72.0 Å². The molecule has 0 aliphatic heterocycles. The summed E-state index contributed by atoms with van der Waals surface area (Å²) in [7, 11) is 0. The molecular formula is C35H48ClN3O6. The normalized spacial score (nSPS) is 12.2. The second-order valence-corrected chi connectivity index (χ2v) is 10.5. The summed E-state index contributed by atoms with van der Waals surface area (Å²) in [6.07, 6.45) is 0.618. The van der Waals surface area contributed by atoms with Gasteiger partial charge < -0.3 is 31.4 Å². The van der Waals surface area contributed by atoms with E-state index in [4.69, 9.17) is 43.0 Å². The molecule has 0 radical (unpaired) electrons. The van der Waals surface area contributed by atoms with Crippen LogP contribution in [0.15, 0.2) is 72.8 Å². The summed E-state index contributed by atoms with van der Waals surface area (Å²) in [6, 6.07) is 21.9. The Hall–Kier alpha value is -3.76. The average Bonchev–Trinajstić information content (AvgIpc) is 2.99. The zero-order chi connectivity index (χ0) is 33.8. The second kappa shape index (κ2) is 21.9. The molecule has 0 heterocycles. The van der Waals surface area contributed by atoms with Gasteiger partial charge in [0.15, 0.2) is 0 Å². The van der Waals surface area contributed by atoms with Gasteiger partial charge in [0.2, 0.25) is 0 Å². The van der Waals surface area contributed by atoms with Crippen molar-refractivity contribution in [3.63, 3.8) is 0 Å². The number of hydrogen-bond acceptors (Lipinski definition) is 9. The van der Waals surface area contributed by atoms with E-state index in [9.17, 15) is 14.4 Å². The number of rotatable bonds is 12. The highest BCUT2D eigenvalue weighted by Gasteiger charge is 2.15. The SMILES string of the molecule is CCOC(=O)C[C@H](N)c1ccc(C)cc1.CCOC(=O)C[C@H](N)c1ccccc1C.CCOC(=O)C[C@H](N)c1ccccc1Cl. The Morgan fingerprint density at radius 3 is 1.44 bits per heavy atom. The van der Waals surface area contributed by atoms with Crippen molar-refractivity contribution in [2.75, 3.05) is 19.8 Å². The van der Waals surface area contributed by atoms with Gasteiger partial charge in [-0.2, -0.15) is 0 Å². The molecule has 9 nitrogen and oxygen atoms in total. The molecule has 0 aliphatic rings. The summed E-state index contributed by atoms with van der Waals surface area (Å²) < 4.78 is 14.5. The van der Waals surface area contributed by atoms with Gasteiger partial charge in [-0.1, -0.05) is 83.9 Å². The highest BCUT2D eigenvalue weighted by Crippen LogP contribution is 2.23. The predicted octanol–water partition coefficient (Wildman–Crippen LogP) is 6.19. The molecule has 3 atom stereocenters. The smallest absolute Gasteiger partial charge is 0.307 e. The number of esters is 3. The highest BCUT2D eigenvalue weighted by molar-refractivity contribution is 6.31. The van der Waals surface area contributed by atoms with Crippen molar-refractivity contribution >= 4 is 29.5 Å². The van der Waals surface area contributed by atoms with Gasteiger partial charge in [0.1, 0.15) is 0 Å². The van der Waals surface area contributed by atoms with E-state index in [0.29, 0.717) is 24.8 Å². The molecule has 0 saturated carbocycles. The topological polar surface area (TPSA) is 157 Å². The Balaban J connectivity index is 0.000000337. The van der Waals surface area contributed by atoms with E-state index >= 15 is 0 Å². The number of carbonyl (C=O) groups excluding carboxylic acids is 3. The van der Waals surface area contributed by atoms with E-state index in [-0.39, 0.29) is 49.3 Å². The number of ether oxygens (including phenoxy) is 3. The van der Waals surface area contributed by atoms with Crippen LogP contribution in [0.4, 0.5) is 0 Å². The molecule has 0 aliphatic carbocycles. The Morgan fingerprint density at radius 2 is 1.00 bits per heavy atom. The molecule has 3 rings (SSSR count). The van der Waals surface area contributed by atoms with Crippen molar-refractivity contribution < 1.29 is 28.6 Å². The summed E-state index contributed by atoms with van der Waals surface area (Å²) in [4.78, 5) is 33.6. The Labute approximate surface area is 272 Å². The van der Waals surface area contributed by atoms with Gasteiger partial charge >= 0.3 is 17.9 Å². The van der Waals surface area contributed by atoms with Crippen LogP contribution in [0.5, 0.6) is 0 Å². The van der Waals surface area contributed by atoms with Crippen LogP contribution in [0.3, 0.4) is 0 Å². The van der Waals surface area contributed by atoms with Crippen LogP contribution >= 0.6 is 11.6 Å². The van der Waals surface area contributed by atoms with Gasteiger partial charge in [-0.05, 0) is 62.9 Å². The monoisotopic (exact) mass is 641 g/mol. The van der Waals surface area contributed by atoms with Crippen LogP contribution in [0.2, 0.25) is 5.02 Å². The molecule has 0 spiro atoms. The molecule has 0 amide bonds.